The Morgan fingerprint density at radius 3 is 2.15 bits per heavy atom. The van der Waals surface area contributed by atoms with Crippen LogP contribution in [0.2, 0.25) is 0 Å². The van der Waals surface area contributed by atoms with Gasteiger partial charge in [0.25, 0.3) is 5.91 Å². The van der Waals surface area contributed by atoms with Gasteiger partial charge in [0.05, 0.1) is 5.56 Å². The van der Waals surface area contributed by atoms with Gasteiger partial charge in [-0.2, -0.15) is 26.3 Å². The number of aromatic nitrogens is 1. The first kappa shape index (κ1) is 19.5. The lowest BCUT2D eigenvalue weighted by Crippen LogP contribution is -2.38. The summed E-state index contributed by atoms with van der Waals surface area (Å²) in [5, 5.41) is 0. The highest BCUT2D eigenvalue weighted by atomic mass is 19.4. The SMILES string of the molecule is O=C(/C=C\c1ccc(C(F)(F)F)cc1)N(CC(F)(F)F)c1ccccn1. The Kier molecular flexibility index (Phi) is 5.69. The van der Waals surface area contributed by atoms with E-state index in [4.69, 9.17) is 0 Å². The second-order valence-corrected chi connectivity index (χ2v) is 5.18. The summed E-state index contributed by atoms with van der Waals surface area (Å²) in [5.74, 6) is -1.19. The topological polar surface area (TPSA) is 33.2 Å². The molecule has 26 heavy (non-hydrogen) atoms. The summed E-state index contributed by atoms with van der Waals surface area (Å²) in [4.78, 5) is 16.3. The van der Waals surface area contributed by atoms with Crippen LogP contribution < -0.4 is 4.90 Å². The summed E-state index contributed by atoms with van der Waals surface area (Å²) in [6, 6.07) is 8.02. The third-order valence-electron chi connectivity index (χ3n) is 3.19. The first-order valence-corrected chi connectivity index (χ1v) is 7.21. The number of hydrogen-bond donors (Lipinski definition) is 0. The van der Waals surface area contributed by atoms with Crippen molar-refractivity contribution in [1.29, 1.82) is 0 Å². The molecule has 2 aromatic rings. The van der Waals surface area contributed by atoms with Gasteiger partial charge in [-0.05, 0) is 35.9 Å². The van der Waals surface area contributed by atoms with Gasteiger partial charge >= 0.3 is 12.4 Å². The summed E-state index contributed by atoms with van der Waals surface area (Å²) in [6.07, 6.45) is -5.92. The minimum Gasteiger partial charge on any atom is -0.284 e. The van der Waals surface area contributed by atoms with Crippen molar-refractivity contribution in [2.24, 2.45) is 0 Å². The molecule has 1 heterocycles. The molecular formula is C17H12F6N2O. The van der Waals surface area contributed by atoms with Crippen molar-refractivity contribution in [2.75, 3.05) is 11.4 Å². The highest BCUT2D eigenvalue weighted by Gasteiger charge is 2.33. The van der Waals surface area contributed by atoms with Gasteiger partial charge < -0.3 is 0 Å². The van der Waals surface area contributed by atoms with Crippen molar-refractivity contribution < 1.29 is 31.1 Å². The third-order valence-corrected chi connectivity index (χ3v) is 3.19. The van der Waals surface area contributed by atoms with Gasteiger partial charge in [0.2, 0.25) is 0 Å². The third kappa shape index (κ3) is 5.61. The van der Waals surface area contributed by atoms with Gasteiger partial charge in [-0.25, -0.2) is 4.98 Å². The molecule has 3 nitrogen and oxygen atoms in total. The summed E-state index contributed by atoms with van der Waals surface area (Å²) >= 11 is 0. The molecule has 0 saturated heterocycles. The molecule has 0 aliphatic rings. The van der Waals surface area contributed by atoms with Crippen molar-refractivity contribution in [2.45, 2.75) is 12.4 Å². The number of rotatable bonds is 4. The second-order valence-electron chi connectivity index (χ2n) is 5.18. The fraction of sp³-hybridized carbons (Fsp3) is 0.176. The Morgan fingerprint density at radius 2 is 1.65 bits per heavy atom. The number of carbonyl (C=O) groups excluding carboxylic acids is 1. The van der Waals surface area contributed by atoms with Crippen LogP contribution >= 0.6 is 0 Å². The first-order valence-electron chi connectivity index (χ1n) is 7.21. The van der Waals surface area contributed by atoms with E-state index in [9.17, 15) is 31.1 Å². The number of benzene rings is 1. The van der Waals surface area contributed by atoms with Crippen molar-refractivity contribution in [3.63, 3.8) is 0 Å². The fourth-order valence-electron chi connectivity index (χ4n) is 2.01. The molecule has 1 aromatic carbocycles. The molecule has 0 spiro atoms. The molecule has 0 radical (unpaired) electrons. The second kappa shape index (κ2) is 7.59. The van der Waals surface area contributed by atoms with E-state index in [-0.39, 0.29) is 11.4 Å². The van der Waals surface area contributed by atoms with Crippen molar-refractivity contribution in [3.8, 4) is 0 Å². The van der Waals surface area contributed by atoms with E-state index in [0.717, 1.165) is 36.4 Å². The predicted octanol–water partition coefficient (Wildman–Crippen LogP) is 4.71. The molecule has 0 aliphatic heterocycles. The summed E-state index contributed by atoms with van der Waals surface area (Å²) in [5.41, 5.74) is -0.632. The van der Waals surface area contributed by atoms with Gasteiger partial charge in [-0.1, -0.05) is 18.2 Å². The average molecular weight is 374 g/mol. The van der Waals surface area contributed by atoms with Crippen molar-refractivity contribution in [3.05, 3.63) is 65.9 Å². The molecule has 9 heteroatoms. The Hall–Kier alpha value is -2.84. The summed E-state index contributed by atoms with van der Waals surface area (Å²) < 4.78 is 75.6. The average Bonchev–Trinajstić information content (AvgIpc) is 2.57. The molecular weight excluding hydrogens is 362 g/mol. The van der Waals surface area contributed by atoms with E-state index < -0.39 is 30.4 Å². The van der Waals surface area contributed by atoms with Gasteiger partial charge in [0, 0.05) is 12.3 Å². The maximum Gasteiger partial charge on any atom is 0.416 e. The van der Waals surface area contributed by atoms with Gasteiger partial charge in [0.1, 0.15) is 12.4 Å². The quantitative estimate of drug-likeness (QED) is 0.574. The van der Waals surface area contributed by atoms with E-state index in [1.54, 1.807) is 0 Å². The fourth-order valence-corrected chi connectivity index (χ4v) is 2.01. The molecule has 138 valence electrons. The molecule has 1 aromatic heterocycles. The molecule has 2 rings (SSSR count). The molecule has 0 N–H and O–H groups in total. The van der Waals surface area contributed by atoms with E-state index in [1.165, 1.54) is 24.4 Å². The van der Waals surface area contributed by atoms with Crippen molar-refractivity contribution >= 4 is 17.8 Å². The number of nitrogens with zero attached hydrogens (tertiary/aromatic N) is 2. The smallest absolute Gasteiger partial charge is 0.284 e. The number of pyridine rings is 1. The zero-order valence-corrected chi connectivity index (χ0v) is 13.1. The van der Waals surface area contributed by atoms with Crippen LogP contribution in [0, 0.1) is 0 Å². The van der Waals surface area contributed by atoms with Crippen LogP contribution in [-0.2, 0) is 11.0 Å². The lowest BCUT2D eigenvalue weighted by Gasteiger charge is -2.21. The highest BCUT2D eigenvalue weighted by molar-refractivity contribution is 6.03. The minimum absolute atomic E-state index is 0.188. The first-order chi connectivity index (χ1) is 12.1. The Morgan fingerprint density at radius 1 is 1.00 bits per heavy atom. The van der Waals surface area contributed by atoms with Crippen LogP contribution in [0.4, 0.5) is 32.2 Å². The molecule has 0 aliphatic carbocycles. The Labute approximate surface area is 144 Å². The maximum atomic E-state index is 12.7. The van der Waals surface area contributed by atoms with Crippen LogP contribution in [0.15, 0.2) is 54.7 Å². The van der Waals surface area contributed by atoms with E-state index in [2.05, 4.69) is 4.98 Å². The number of carbonyl (C=O) groups is 1. The molecule has 0 atom stereocenters. The Balaban J connectivity index is 2.19. The largest absolute Gasteiger partial charge is 0.416 e. The van der Waals surface area contributed by atoms with Crippen LogP contribution in [0.25, 0.3) is 6.08 Å². The van der Waals surface area contributed by atoms with E-state index in [0.29, 0.717) is 4.90 Å². The maximum absolute atomic E-state index is 12.7. The monoisotopic (exact) mass is 374 g/mol. The lowest BCUT2D eigenvalue weighted by molar-refractivity contribution is -0.137. The van der Waals surface area contributed by atoms with Gasteiger partial charge in [-0.15, -0.1) is 0 Å². The molecule has 1 amide bonds. The van der Waals surface area contributed by atoms with Crippen LogP contribution in [0.1, 0.15) is 11.1 Å². The zero-order valence-electron chi connectivity index (χ0n) is 13.1. The highest BCUT2D eigenvalue weighted by Crippen LogP contribution is 2.29. The zero-order chi connectivity index (χ0) is 19.4. The normalized spacial score (nSPS) is 12.4. The number of halogens is 6. The van der Waals surface area contributed by atoms with E-state index >= 15 is 0 Å². The number of hydrogen-bond acceptors (Lipinski definition) is 2. The number of amides is 1. The predicted molar refractivity (Wildman–Crippen MR) is 83.1 cm³/mol. The summed E-state index contributed by atoms with van der Waals surface area (Å²) in [7, 11) is 0. The van der Waals surface area contributed by atoms with E-state index in [1.807, 2.05) is 0 Å². The van der Waals surface area contributed by atoms with Gasteiger partial charge in [-0.3, -0.25) is 9.69 Å². The molecule has 0 fully saturated rings. The van der Waals surface area contributed by atoms with Crippen molar-refractivity contribution in [1.82, 2.24) is 4.98 Å². The summed E-state index contributed by atoms with van der Waals surface area (Å²) in [6.45, 7) is -1.54. The lowest BCUT2D eigenvalue weighted by atomic mass is 10.1. The molecule has 0 bridgehead atoms. The number of anilines is 1. The van der Waals surface area contributed by atoms with Crippen LogP contribution in [-0.4, -0.2) is 23.6 Å². The van der Waals surface area contributed by atoms with Gasteiger partial charge in [0.15, 0.2) is 0 Å². The van der Waals surface area contributed by atoms with Crippen LogP contribution in [0.5, 0.6) is 0 Å². The Bertz CT molecular complexity index is 767. The van der Waals surface area contributed by atoms with Crippen LogP contribution in [0.3, 0.4) is 0 Å². The minimum atomic E-state index is -4.64. The molecule has 0 unspecified atom stereocenters. The number of alkyl halides is 6. The standard InChI is InChI=1S/C17H12F6N2O/c18-16(19,20)11-25(14-3-1-2-10-24-14)15(26)9-6-12-4-7-13(8-5-12)17(21,22)23/h1-10H,11H2/b9-6-. The molecule has 0 saturated carbocycles.